The van der Waals surface area contributed by atoms with Crippen LogP contribution in [0.2, 0.25) is 5.28 Å². The van der Waals surface area contributed by atoms with E-state index in [-0.39, 0.29) is 22.0 Å². The van der Waals surface area contributed by atoms with Gasteiger partial charge >= 0.3 is 0 Å². The lowest BCUT2D eigenvalue weighted by molar-refractivity contribution is -0.0739. The van der Waals surface area contributed by atoms with Gasteiger partial charge in [-0.3, -0.25) is 4.79 Å². The molecule has 2 aromatic heterocycles. The number of halogens is 1. The molecule has 5 rings (SSSR count). The zero-order valence-electron chi connectivity index (χ0n) is 17.2. The van der Waals surface area contributed by atoms with Crippen molar-refractivity contribution in [1.29, 1.82) is 0 Å². The number of amides is 1. The number of likely N-dealkylation sites (tertiary alicyclic amines) is 1. The molecular weight excluding hydrogens is 404 g/mol. The summed E-state index contributed by atoms with van der Waals surface area (Å²) in [6.07, 6.45) is 3.68. The fourth-order valence-electron chi connectivity index (χ4n) is 4.31. The molecule has 0 N–H and O–H groups in total. The Morgan fingerprint density at radius 1 is 1.20 bits per heavy atom. The second-order valence-electron chi connectivity index (χ2n) is 9.47. The minimum atomic E-state index is -0.199. The van der Waals surface area contributed by atoms with Crippen LogP contribution < -0.4 is 0 Å². The van der Waals surface area contributed by atoms with E-state index < -0.39 is 0 Å². The lowest BCUT2D eigenvalue weighted by Gasteiger charge is -2.58. The minimum Gasteiger partial charge on any atom is -0.338 e. The molecule has 2 fully saturated rings. The van der Waals surface area contributed by atoms with E-state index in [9.17, 15) is 4.79 Å². The van der Waals surface area contributed by atoms with Gasteiger partial charge in [-0.15, -0.1) is 5.10 Å². The van der Waals surface area contributed by atoms with Gasteiger partial charge in [0, 0.05) is 35.0 Å². The Bertz CT molecular complexity index is 1080. The average Bonchev–Trinajstić information content (AvgIpc) is 3.28. The van der Waals surface area contributed by atoms with E-state index in [1.54, 1.807) is 6.33 Å². The van der Waals surface area contributed by atoms with Gasteiger partial charge in [-0.05, 0) is 36.6 Å². The van der Waals surface area contributed by atoms with E-state index in [0.29, 0.717) is 23.3 Å². The molecule has 1 aromatic carbocycles. The molecular formula is C21H23ClN6O2. The first-order valence-electron chi connectivity index (χ1n) is 10.0. The Labute approximate surface area is 179 Å². The number of aromatic nitrogens is 5. The molecule has 1 aliphatic carbocycles. The molecule has 0 unspecified atom stereocenters. The minimum absolute atomic E-state index is 0.0583. The maximum atomic E-state index is 12.8. The lowest BCUT2D eigenvalue weighted by atomic mass is 9.60. The number of nitrogens with zero attached hydrogens (tertiary/aromatic N) is 6. The second-order valence-corrected chi connectivity index (χ2v) is 9.81. The summed E-state index contributed by atoms with van der Waals surface area (Å²) in [5.74, 6) is 1.19. The summed E-state index contributed by atoms with van der Waals surface area (Å²) in [5.41, 5.74) is 1.52. The Morgan fingerprint density at radius 2 is 1.90 bits per heavy atom. The van der Waals surface area contributed by atoms with E-state index in [1.807, 2.05) is 54.6 Å². The molecule has 0 radical (unpaired) electrons. The SMILES string of the molecule is CC(C)(C)c1nc(-c2ccc(C(=O)N3CC4(CC(n5cnc(Cl)n5)C4)C3)cc2)no1. The van der Waals surface area contributed by atoms with Crippen molar-refractivity contribution in [3.05, 3.63) is 47.3 Å². The van der Waals surface area contributed by atoms with E-state index >= 15 is 0 Å². The monoisotopic (exact) mass is 426 g/mol. The summed E-state index contributed by atoms with van der Waals surface area (Å²) in [6.45, 7) is 7.64. The van der Waals surface area contributed by atoms with Crippen molar-refractivity contribution in [2.45, 2.75) is 45.1 Å². The van der Waals surface area contributed by atoms with Crippen molar-refractivity contribution < 1.29 is 9.32 Å². The summed E-state index contributed by atoms with van der Waals surface area (Å²) in [4.78, 5) is 23.2. The molecule has 0 atom stereocenters. The molecule has 9 heteroatoms. The molecule has 3 heterocycles. The van der Waals surface area contributed by atoms with Crippen LogP contribution in [0.25, 0.3) is 11.4 Å². The summed E-state index contributed by atoms with van der Waals surface area (Å²) in [6, 6.07) is 7.73. The van der Waals surface area contributed by atoms with Crippen LogP contribution in [0.15, 0.2) is 35.1 Å². The maximum absolute atomic E-state index is 12.8. The first kappa shape index (κ1) is 19.2. The van der Waals surface area contributed by atoms with Crippen LogP contribution in [-0.4, -0.2) is 48.8 Å². The zero-order chi connectivity index (χ0) is 21.1. The van der Waals surface area contributed by atoms with E-state index in [1.165, 1.54) is 0 Å². The molecule has 30 heavy (non-hydrogen) atoms. The van der Waals surface area contributed by atoms with Crippen molar-refractivity contribution in [1.82, 2.24) is 29.8 Å². The normalized spacial score (nSPS) is 18.3. The van der Waals surface area contributed by atoms with Gasteiger partial charge in [-0.2, -0.15) is 4.98 Å². The van der Waals surface area contributed by atoms with Crippen LogP contribution in [0.3, 0.4) is 0 Å². The van der Waals surface area contributed by atoms with Gasteiger partial charge in [0.05, 0.1) is 6.04 Å². The smallest absolute Gasteiger partial charge is 0.253 e. The molecule has 8 nitrogen and oxygen atoms in total. The second kappa shape index (κ2) is 6.63. The number of benzene rings is 1. The van der Waals surface area contributed by atoms with Crippen molar-refractivity contribution in [2.75, 3.05) is 13.1 Å². The first-order valence-corrected chi connectivity index (χ1v) is 10.4. The highest BCUT2D eigenvalue weighted by Crippen LogP contribution is 2.54. The summed E-state index contributed by atoms with van der Waals surface area (Å²) < 4.78 is 7.19. The van der Waals surface area contributed by atoms with E-state index in [0.717, 1.165) is 31.5 Å². The predicted octanol–water partition coefficient (Wildman–Crippen LogP) is 3.76. The van der Waals surface area contributed by atoms with Crippen molar-refractivity contribution in [2.24, 2.45) is 5.41 Å². The molecule has 0 bridgehead atoms. The predicted molar refractivity (Wildman–Crippen MR) is 110 cm³/mol. The van der Waals surface area contributed by atoms with Crippen molar-refractivity contribution in [3.63, 3.8) is 0 Å². The van der Waals surface area contributed by atoms with Crippen LogP contribution in [0.1, 0.15) is 55.9 Å². The first-order chi connectivity index (χ1) is 14.2. The molecule has 1 amide bonds. The van der Waals surface area contributed by atoms with Gasteiger partial charge in [0.2, 0.25) is 17.0 Å². The largest absolute Gasteiger partial charge is 0.338 e. The number of carbonyl (C=O) groups is 1. The van der Waals surface area contributed by atoms with Gasteiger partial charge in [0.1, 0.15) is 6.33 Å². The van der Waals surface area contributed by atoms with Gasteiger partial charge in [0.25, 0.3) is 5.91 Å². The number of rotatable bonds is 3. The average molecular weight is 427 g/mol. The quantitative estimate of drug-likeness (QED) is 0.633. The lowest BCUT2D eigenvalue weighted by Crippen LogP contribution is -2.63. The summed E-state index contributed by atoms with van der Waals surface area (Å²) in [5, 5.41) is 8.52. The third-order valence-electron chi connectivity index (χ3n) is 5.99. The number of hydrogen-bond donors (Lipinski definition) is 0. The van der Waals surface area contributed by atoms with Gasteiger partial charge in [-0.25, -0.2) is 9.67 Å². The number of carbonyl (C=O) groups excluding carboxylic acids is 1. The van der Waals surface area contributed by atoms with Crippen LogP contribution in [0.4, 0.5) is 0 Å². The van der Waals surface area contributed by atoms with Gasteiger partial charge < -0.3 is 9.42 Å². The third kappa shape index (κ3) is 3.29. The fraction of sp³-hybridized carbons (Fsp3) is 0.476. The molecule has 1 saturated heterocycles. The van der Waals surface area contributed by atoms with Gasteiger partial charge in [0.15, 0.2) is 0 Å². The molecule has 1 saturated carbocycles. The molecule has 1 spiro atoms. The van der Waals surface area contributed by atoms with Crippen molar-refractivity contribution >= 4 is 17.5 Å². The highest BCUT2D eigenvalue weighted by atomic mass is 35.5. The van der Waals surface area contributed by atoms with Crippen LogP contribution in [-0.2, 0) is 5.41 Å². The van der Waals surface area contributed by atoms with E-state index in [2.05, 4.69) is 20.2 Å². The Hall–Kier alpha value is -2.74. The summed E-state index contributed by atoms with van der Waals surface area (Å²) in [7, 11) is 0. The molecule has 1 aliphatic heterocycles. The molecule has 156 valence electrons. The Kier molecular flexibility index (Phi) is 4.25. The Balaban J connectivity index is 1.19. The summed E-state index contributed by atoms with van der Waals surface area (Å²) >= 11 is 5.80. The van der Waals surface area contributed by atoms with Crippen molar-refractivity contribution in [3.8, 4) is 11.4 Å². The molecule has 3 aromatic rings. The van der Waals surface area contributed by atoms with Gasteiger partial charge in [-0.1, -0.05) is 38.1 Å². The highest BCUT2D eigenvalue weighted by molar-refractivity contribution is 6.28. The highest BCUT2D eigenvalue weighted by Gasteiger charge is 2.54. The zero-order valence-corrected chi connectivity index (χ0v) is 17.9. The fourth-order valence-corrected chi connectivity index (χ4v) is 4.44. The van der Waals surface area contributed by atoms with Crippen LogP contribution in [0, 0.1) is 5.41 Å². The standard InChI is InChI=1S/C21H23ClN6O2/c1-20(2,3)18-24-16(26-30-18)13-4-6-14(7-5-13)17(29)27-10-21(11-27)8-15(9-21)28-12-23-19(22)25-28/h4-7,12,15H,8-11H2,1-3H3. The maximum Gasteiger partial charge on any atom is 0.253 e. The molecule has 2 aliphatic rings. The van der Waals surface area contributed by atoms with E-state index in [4.69, 9.17) is 16.1 Å². The Morgan fingerprint density at radius 3 is 2.47 bits per heavy atom. The number of hydrogen-bond acceptors (Lipinski definition) is 6. The topological polar surface area (TPSA) is 89.9 Å². The van der Waals surface area contributed by atoms with Crippen LogP contribution >= 0.6 is 11.6 Å². The third-order valence-corrected chi connectivity index (χ3v) is 6.16. The van der Waals surface area contributed by atoms with Crippen LogP contribution in [0.5, 0.6) is 0 Å².